The van der Waals surface area contributed by atoms with Crippen LogP contribution in [-0.2, 0) is 13.5 Å². The van der Waals surface area contributed by atoms with E-state index in [2.05, 4.69) is 41.1 Å². The second kappa shape index (κ2) is 5.53. The van der Waals surface area contributed by atoms with Crippen LogP contribution in [0.4, 0.5) is 0 Å². The first kappa shape index (κ1) is 14.1. The van der Waals surface area contributed by atoms with Crippen molar-refractivity contribution in [3.05, 3.63) is 69.7 Å². The lowest BCUT2D eigenvalue weighted by Crippen LogP contribution is -2.08. The van der Waals surface area contributed by atoms with Crippen molar-refractivity contribution in [3.8, 4) is 0 Å². The molecule has 1 unspecified atom stereocenters. The van der Waals surface area contributed by atoms with Crippen LogP contribution in [-0.4, -0.2) is 4.57 Å². The summed E-state index contributed by atoms with van der Waals surface area (Å²) in [5.74, 6) is -0.331. The van der Waals surface area contributed by atoms with E-state index in [9.17, 15) is 4.79 Å². The van der Waals surface area contributed by atoms with E-state index in [1.807, 2.05) is 24.3 Å². The number of fused-ring (bicyclic) bond motifs is 1. The Labute approximate surface area is 131 Å². The van der Waals surface area contributed by atoms with Crippen LogP contribution >= 0.6 is 15.9 Å². The number of halogens is 1. The Morgan fingerprint density at radius 2 is 2.00 bits per heavy atom. The molecule has 108 valence electrons. The van der Waals surface area contributed by atoms with Gasteiger partial charge in [-0.25, -0.2) is 4.79 Å². The molecule has 2 aromatic carbocycles. The highest BCUT2D eigenvalue weighted by Gasteiger charge is 2.15. The minimum atomic E-state index is -0.331. The average Bonchev–Trinajstić information content (AvgIpc) is 2.80. The third kappa shape index (κ3) is 2.44. The van der Waals surface area contributed by atoms with E-state index in [1.54, 1.807) is 7.05 Å². The molecular formula is C17H16BrNO2. The van der Waals surface area contributed by atoms with Gasteiger partial charge in [0.05, 0.1) is 10.3 Å². The lowest BCUT2D eigenvalue weighted by molar-refractivity contribution is 0.528. The molecule has 0 aliphatic heterocycles. The minimum absolute atomic E-state index is 0.0866. The summed E-state index contributed by atoms with van der Waals surface area (Å²) in [5.41, 5.74) is 5.08. The van der Waals surface area contributed by atoms with Gasteiger partial charge in [-0.2, -0.15) is 0 Å². The fourth-order valence-corrected chi connectivity index (χ4v) is 3.32. The summed E-state index contributed by atoms with van der Waals surface area (Å²) in [4.78, 5) is 11.7. The van der Waals surface area contributed by atoms with Crippen molar-refractivity contribution in [2.75, 3.05) is 0 Å². The summed E-state index contributed by atoms with van der Waals surface area (Å²) >= 11 is 3.77. The number of aryl methyl sites for hydroxylation is 2. The number of hydrogen-bond acceptors (Lipinski definition) is 2. The van der Waals surface area contributed by atoms with Gasteiger partial charge >= 0.3 is 5.76 Å². The molecule has 0 N–H and O–H groups in total. The molecule has 3 rings (SSSR count). The number of hydrogen-bond donors (Lipinski definition) is 0. The van der Waals surface area contributed by atoms with Gasteiger partial charge in [0.1, 0.15) is 0 Å². The Hall–Kier alpha value is -1.81. The highest BCUT2D eigenvalue weighted by atomic mass is 79.9. The van der Waals surface area contributed by atoms with Crippen molar-refractivity contribution < 1.29 is 4.42 Å². The van der Waals surface area contributed by atoms with Gasteiger partial charge in [-0.3, -0.25) is 4.57 Å². The smallest absolute Gasteiger partial charge is 0.408 e. The molecule has 0 saturated heterocycles. The standard InChI is InChI=1S/C17H16BrNO2/c1-3-11-6-4-5-7-13(11)16(18)12-8-9-14-15(10-12)21-17(20)19(14)2/h4-10,16H,3H2,1-2H3. The third-order valence-corrected chi connectivity index (χ3v) is 4.84. The maximum Gasteiger partial charge on any atom is 0.419 e. The number of aromatic nitrogens is 1. The fourth-order valence-electron chi connectivity index (χ4n) is 2.59. The molecule has 21 heavy (non-hydrogen) atoms. The first-order chi connectivity index (χ1) is 10.1. The molecule has 0 radical (unpaired) electrons. The second-order valence-corrected chi connectivity index (χ2v) is 5.98. The van der Waals surface area contributed by atoms with E-state index in [-0.39, 0.29) is 10.6 Å². The molecule has 1 aromatic heterocycles. The van der Waals surface area contributed by atoms with Crippen LogP contribution in [0.1, 0.15) is 28.4 Å². The average molecular weight is 346 g/mol. The lowest BCUT2D eigenvalue weighted by Gasteiger charge is -2.14. The Kier molecular flexibility index (Phi) is 3.72. The van der Waals surface area contributed by atoms with E-state index in [1.165, 1.54) is 15.7 Å². The fraction of sp³-hybridized carbons (Fsp3) is 0.235. The summed E-state index contributed by atoms with van der Waals surface area (Å²) in [5, 5.41) is 0. The van der Waals surface area contributed by atoms with Crippen LogP contribution in [0.25, 0.3) is 11.1 Å². The summed E-state index contributed by atoms with van der Waals surface area (Å²) in [7, 11) is 1.71. The van der Waals surface area contributed by atoms with Gasteiger partial charge in [0.25, 0.3) is 0 Å². The van der Waals surface area contributed by atoms with Crippen molar-refractivity contribution in [1.29, 1.82) is 0 Å². The lowest BCUT2D eigenvalue weighted by atomic mass is 9.98. The summed E-state index contributed by atoms with van der Waals surface area (Å²) in [6, 6.07) is 14.3. The van der Waals surface area contributed by atoms with E-state index in [0.29, 0.717) is 5.58 Å². The van der Waals surface area contributed by atoms with Crippen LogP contribution in [0.3, 0.4) is 0 Å². The van der Waals surface area contributed by atoms with E-state index in [0.717, 1.165) is 17.5 Å². The third-order valence-electron chi connectivity index (χ3n) is 3.82. The van der Waals surface area contributed by atoms with Crippen LogP contribution in [0, 0.1) is 0 Å². The van der Waals surface area contributed by atoms with Gasteiger partial charge in [-0.05, 0) is 35.2 Å². The molecule has 0 fully saturated rings. The Balaban J connectivity index is 2.09. The predicted octanol–water partition coefficient (Wildman–Crippen LogP) is 4.18. The molecule has 0 aliphatic rings. The van der Waals surface area contributed by atoms with Crippen LogP contribution in [0.2, 0.25) is 0 Å². The highest BCUT2D eigenvalue weighted by Crippen LogP contribution is 2.34. The largest absolute Gasteiger partial charge is 0.419 e. The molecule has 4 heteroatoms. The second-order valence-electron chi connectivity index (χ2n) is 5.07. The summed E-state index contributed by atoms with van der Waals surface area (Å²) < 4.78 is 6.78. The van der Waals surface area contributed by atoms with Gasteiger partial charge in [0, 0.05) is 7.05 Å². The minimum Gasteiger partial charge on any atom is -0.408 e. The molecule has 0 bridgehead atoms. The molecule has 0 spiro atoms. The van der Waals surface area contributed by atoms with Gasteiger partial charge in [0.15, 0.2) is 5.58 Å². The van der Waals surface area contributed by atoms with Gasteiger partial charge in [-0.1, -0.05) is 53.2 Å². The zero-order chi connectivity index (χ0) is 15.0. The molecule has 0 aliphatic carbocycles. The molecule has 0 amide bonds. The molecule has 3 aromatic rings. The number of benzene rings is 2. The number of nitrogens with zero attached hydrogens (tertiary/aromatic N) is 1. The number of alkyl halides is 1. The van der Waals surface area contributed by atoms with Gasteiger partial charge < -0.3 is 4.42 Å². The van der Waals surface area contributed by atoms with Crippen molar-refractivity contribution in [1.82, 2.24) is 4.57 Å². The zero-order valence-corrected chi connectivity index (χ0v) is 13.6. The molecule has 3 nitrogen and oxygen atoms in total. The van der Waals surface area contributed by atoms with Crippen molar-refractivity contribution in [3.63, 3.8) is 0 Å². The van der Waals surface area contributed by atoms with Crippen molar-refractivity contribution >= 4 is 27.0 Å². The maximum absolute atomic E-state index is 11.6. The van der Waals surface area contributed by atoms with Gasteiger partial charge in [-0.15, -0.1) is 0 Å². The SMILES string of the molecule is CCc1ccccc1C(Br)c1ccc2c(c1)oc(=O)n2C. The highest BCUT2D eigenvalue weighted by molar-refractivity contribution is 9.09. The van der Waals surface area contributed by atoms with Crippen LogP contribution in [0.15, 0.2) is 51.7 Å². The molecular weight excluding hydrogens is 330 g/mol. The summed E-state index contributed by atoms with van der Waals surface area (Å²) in [6.45, 7) is 2.15. The maximum atomic E-state index is 11.6. The Morgan fingerprint density at radius 1 is 1.24 bits per heavy atom. The van der Waals surface area contributed by atoms with E-state index in [4.69, 9.17) is 4.42 Å². The molecule has 0 saturated carbocycles. The molecule has 1 heterocycles. The normalized spacial score (nSPS) is 12.7. The van der Waals surface area contributed by atoms with Crippen molar-refractivity contribution in [2.45, 2.75) is 18.2 Å². The van der Waals surface area contributed by atoms with E-state index < -0.39 is 0 Å². The first-order valence-electron chi connectivity index (χ1n) is 6.93. The number of rotatable bonds is 3. The predicted molar refractivity (Wildman–Crippen MR) is 88.0 cm³/mol. The topological polar surface area (TPSA) is 35.1 Å². The Bertz CT molecular complexity index is 847. The number of oxazole rings is 1. The summed E-state index contributed by atoms with van der Waals surface area (Å²) in [6.07, 6.45) is 0.987. The monoisotopic (exact) mass is 345 g/mol. The van der Waals surface area contributed by atoms with Gasteiger partial charge in [0.2, 0.25) is 0 Å². The Morgan fingerprint density at radius 3 is 2.76 bits per heavy atom. The van der Waals surface area contributed by atoms with Crippen LogP contribution < -0.4 is 5.76 Å². The van der Waals surface area contributed by atoms with E-state index >= 15 is 0 Å². The zero-order valence-electron chi connectivity index (χ0n) is 12.0. The van der Waals surface area contributed by atoms with Crippen LogP contribution in [0.5, 0.6) is 0 Å². The quantitative estimate of drug-likeness (QED) is 0.667. The first-order valence-corrected chi connectivity index (χ1v) is 7.84. The van der Waals surface area contributed by atoms with Crippen molar-refractivity contribution in [2.24, 2.45) is 7.05 Å². The molecule has 1 atom stereocenters.